The van der Waals surface area contributed by atoms with Gasteiger partial charge in [0.1, 0.15) is 10.0 Å². The minimum atomic E-state index is 0.0164. The Morgan fingerprint density at radius 1 is 1.18 bits per heavy atom. The minimum Gasteiger partial charge on any atom is -0.370 e. The van der Waals surface area contributed by atoms with Gasteiger partial charge in [-0.15, -0.1) is 10.2 Å². The fraction of sp³-hybridized carbons (Fsp3) is 0.438. The van der Waals surface area contributed by atoms with Crippen LogP contribution in [0.3, 0.4) is 0 Å². The van der Waals surface area contributed by atoms with Crippen LogP contribution in [-0.2, 0) is 12.0 Å². The molecule has 6 heteroatoms. The van der Waals surface area contributed by atoms with Crippen molar-refractivity contribution in [2.24, 2.45) is 10.7 Å². The summed E-state index contributed by atoms with van der Waals surface area (Å²) in [6, 6.07) is 6.20. The van der Waals surface area contributed by atoms with Crippen molar-refractivity contribution in [3.63, 3.8) is 0 Å². The molecule has 1 aromatic heterocycles. The van der Waals surface area contributed by atoms with Crippen molar-refractivity contribution in [3.05, 3.63) is 39.3 Å². The van der Waals surface area contributed by atoms with Gasteiger partial charge in [-0.2, -0.15) is 0 Å². The molecule has 5 nitrogen and oxygen atoms in total. The molecule has 0 bridgehead atoms. The summed E-state index contributed by atoms with van der Waals surface area (Å²) in [4.78, 5) is 4.34. The summed E-state index contributed by atoms with van der Waals surface area (Å²) in [7, 11) is 0. The first-order valence-electron chi connectivity index (χ1n) is 7.22. The highest BCUT2D eigenvalue weighted by Gasteiger charge is 2.19. The molecule has 2 rings (SSSR count). The Balaban J connectivity index is 2.02. The smallest absolute Gasteiger partial charge is 0.193 e. The van der Waals surface area contributed by atoms with Crippen LogP contribution in [-0.4, -0.2) is 16.2 Å². The van der Waals surface area contributed by atoms with Crippen molar-refractivity contribution in [2.75, 3.05) is 5.32 Å². The van der Waals surface area contributed by atoms with E-state index >= 15 is 0 Å². The van der Waals surface area contributed by atoms with Gasteiger partial charge in [0.15, 0.2) is 5.96 Å². The SMILES string of the molecule is Cc1cc(C)cc(NC(N)=NCc2nnc(C(C)(C)C)s2)c1. The van der Waals surface area contributed by atoms with E-state index in [0.29, 0.717) is 12.5 Å². The Morgan fingerprint density at radius 2 is 1.82 bits per heavy atom. The molecule has 0 spiro atoms. The summed E-state index contributed by atoms with van der Waals surface area (Å²) in [6.07, 6.45) is 0. The zero-order valence-corrected chi connectivity index (χ0v) is 14.6. The molecule has 0 aliphatic heterocycles. The van der Waals surface area contributed by atoms with E-state index in [1.165, 1.54) is 11.1 Å². The van der Waals surface area contributed by atoms with Gasteiger partial charge in [0, 0.05) is 11.1 Å². The van der Waals surface area contributed by atoms with E-state index in [2.05, 4.69) is 61.2 Å². The Kier molecular flexibility index (Phi) is 4.81. The number of rotatable bonds is 3. The molecule has 0 amide bonds. The number of guanidine groups is 1. The molecular formula is C16H23N5S. The molecule has 0 radical (unpaired) electrons. The quantitative estimate of drug-likeness (QED) is 0.672. The van der Waals surface area contributed by atoms with Crippen LogP contribution in [0.15, 0.2) is 23.2 Å². The van der Waals surface area contributed by atoms with Crippen molar-refractivity contribution in [3.8, 4) is 0 Å². The lowest BCUT2D eigenvalue weighted by Crippen LogP contribution is -2.22. The van der Waals surface area contributed by atoms with Gasteiger partial charge in [-0.1, -0.05) is 38.2 Å². The van der Waals surface area contributed by atoms with Gasteiger partial charge in [0.25, 0.3) is 0 Å². The highest BCUT2D eigenvalue weighted by atomic mass is 32.1. The van der Waals surface area contributed by atoms with Crippen molar-refractivity contribution in [1.82, 2.24) is 10.2 Å². The second-order valence-electron chi connectivity index (χ2n) is 6.45. The van der Waals surface area contributed by atoms with Crippen LogP contribution in [0.2, 0.25) is 0 Å². The standard InChI is InChI=1S/C16H23N5S/c1-10-6-11(2)8-12(7-10)19-15(17)18-9-13-20-21-14(22-13)16(3,4)5/h6-8H,9H2,1-5H3,(H3,17,18,19). The van der Waals surface area contributed by atoms with E-state index in [-0.39, 0.29) is 5.41 Å². The van der Waals surface area contributed by atoms with Gasteiger partial charge in [0.2, 0.25) is 0 Å². The normalized spacial score (nSPS) is 12.5. The fourth-order valence-corrected chi connectivity index (χ4v) is 2.83. The number of aromatic nitrogens is 2. The van der Waals surface area contributed by atoms with Crippen molar-refractivity contribution >= 4 is 23.0 Å². The summed E-state index contributed by atoms with van der Waals surface area (Å²) in [5.74, 6) is 0.387. The molecule has 0 unspecified atom stereocenters. The average molecular weight is 317 g/mol. The van der Waals surface area contributed by atoms with Crippen molar-refractivity contribution < 1.29 is 0 Å². The lowest BCUT2D eigenvalue weighted by Gasteiger charge is -2.12. The number of aliphatic imine (C=N–C) groups is 1. The second kappa shape index (κ2) is 6.44. The van der Waals surface area contributed by atoms with E-state index in [0.717, 1.165) is 15.7 Å². The van der Waals surface area contributed by atoms with E-state index in [9.17, 15) is 0 Å². The minimum absolute atomic E-state index is 0.0164. The topological polar surface area (TPSA) is 76.2 Å². The summed E-state index contributed by atoms with van der Waals surface area (Å²) in [5, 5.41) is 13.4. The maximum Gasteiger partial charge on any atom is 0.193 e. The molecule has 118 valence electrons. The summed E-state index contributed by atoms with van der Waals surface area (Å²) in [5.41, 5.74) is 9.29. The molecule has 0 aliphatic carbocycles. The summed E-state index contributed by atoms with van der Waals surface area (Å²) in [6.45, 7) is 10.9. The van der Waals surface area contributed by atoms with Gasteiger partial charge in [0.05, 0.1) is 6.54 Å². The van der Waals surface area contributed by atoms with Gasteiger partial charge in [-0.25, -0.2) is 4.99 Å². The van der Waals surface area contributed by atoms with E-state index in [4.69, 9.17) is 5.73 Å². The number of nitrogens with one attached hydrogen (secondary N) is 1. The van der Waals surface area contributed by atoms with Crippen LogP contribution >= 0.6 is 11.3 Å². The van der Waals surface area contributed by atoms with Crippen LogP contribution in [0.25, 0.3) is 0 Å². The fourth-order valence-electron chi connectivity index (χ4n) is 2.01. The van der Waals surface area contributed by atoms with Crippen LogP contribution in [0.5, 0.6) is 0 Å². The highest BCUT2D eigenvalue weighted by Crippen LogP contribution is 2.25. The zero-order chi connectivity index (χ0) is 16.3. The van der Waals surface area contributed by atoms with Crippen molar-refractivity contribution in [2.45, 2.75) is 46.6 Å². The second-order valence-corrected chi connectivity index (χ2v) is 7.52. The first-order chi connectivity index (χ1) is 10.2. The molecule has 0 fully saturated rings. The van der Waals surface area contributed by atoms with Crippen LogP contribution in [0.4, 0.5) is 5.69 Å². The molecule has 0 saturated carbocycles. The maximum absolute atomic E-state index is 5.94. The molecule has 3 N–H and O–H groups in total. The average Bonchev–Trinajstić information content (AvgIpc) is 2.83. The van der Waals surface area contributed by atoms with Gasteiger partial charge in [-0.05, 0) is 37.1 Å². The summed E-state index contributed by atoms with van der Waals surface area (Å²) < 4.78 is 0. The number of nitrogens with two attached hydrogens (primary N) is 1. The van der Waals surface area contributed by atoms with E-state index in [1.807, 2.05) is 12.1 Å². The number of hydrogen-bond donors (Lipinski definition) is 2. The summed E-state index contributed by atoms with van der Waals surface area (Å²) >= 11 is 1.58. The molecule has 2 aromatic rings. The highest BCUT2D eigenvalue weighted by molar-refractivity contribution is 7.11. The van der Waals surface area contributed by atoms with Gasteiger partial charge >= 0.3 is 0 Å². The maximum atomic E-state index is 5.94. The molecule has 1 heterocycles. The number of hydrogen-bond acceptors (Lipinski definition) is 4. The van der Waals surface area contributed by atoms with Crippen LogP contribution < -0.4 is 11.1 Å². The number of nitrogens with zero attached hydrogens (tertiary/aromatic N) is 3. The Hall–Kier alpha value is -1.95. The van der Waals surface area contributed by atoms with Gasteiger partial charge < -0.3 is 11.1 Å². The van der Waals surface area contributed by atoms with E-state index < -0.39 is 0 Å². The van der Waals surface area contributed by atoms with Crippen LogP contribution in [0, 0.1) is 13.8 Å². The molecule has 0 atom stereocenters. The number of aryl methyl sites for hydroxylation is 2. The lowest BCUT2D eigenvalue weighted by atomic mass is 9.98. The number of benzene rings is 1. The van der Waals surface area contributed by atoms with Crippen LogP contribution in [0.1, 0.15) is 41.9 Å². The Bertz CT molecular complexity index is 662. The number of anilines is 1. The molecule has 0 aliphatic rings. The third kappa shape index (κ3) is 4.53. The monoisotopic (exact) mass is 317 g/mol. The third-order valence-electron chi connectivity index (χ3n) is 2.99. The third-order valence-corrected chi connectivity index (χ3v) is 4.32. The molecular weight excluding hydrogens is 294 g/mol. The predicted molar refractivity (Wildman–Crippen MR) is 93.5 cm³/mol. The molecule has 22 heavy (non-hydrogen) atoms. The molecule has 1 aromatic carbocycles. The Labute approximate surface area is 135 Å². The largest absolute Gasteiger partial charge is 0.370 e. The lowest BCUT2D eigenvalue weighted by molar-refractivity contribution is 0.577. The predicted octanol–water partition coefficient (Wildman–Crippen LogP) is 3.38. The van der Waals surface area contributed by atoms with Gasteiger partial charge in [-0.3, -0.25) is 0 Å². The first-order valence-corrected chi connectivity index (χ1v) is 8.04. The Morgan fingerprint density at radius 3 is 2.36 bits per heavy atom. The molecule has 0 saturated heterocycles. The van der Waals surface area contributed by atoms with E-state index in [1.54, 1.807) is 11.3 Å². The zero-order valence-electron chi connectivity index (χ0n) is 13.8. The van der Waals surface area contributed by atoms with Crippen molar-refractivity contribution in [1.29, 1.82) is 0 Å². The first kappa shape index (κ1) is 16.4.